The Morgan fingerprint density at radius 3 is 1.00 bits per heavy atom. The summed E-state index contributed by atoms with van der Waals surface area (Å²) in [6.07, 6.45) is 34.4. The molecule has 0 unspecified atom stereocenters. The van der Waals surface area contributed by atoms with Crippen molar-refractivity contribution in [2.24, 2.45) is 0 Å². The van der Waals surface area contributed by atoms with E-state index in [4.69, 9.17) is 4.74 Å². The molecule has 0 radical (unpaired) electrons. The van der Waals surface area contributed by atoms with E-state index in [0.29, 0.717) is 13.2 Å². The van der Waals surface area contributed by atoms with Gasteiger partial charge in [-0.3, -0.25) is 0 Å². The Bertz CT molecular complexity index is 379. The smallest absolute Gasteiger partial charge is 0.434 e. The maximum atomic E-state index is 10.0. The molecule has 0 aliphatic carbocycles. The van der Waals surface area contributed by atoms with E-state index in [1.165, 1.54) is 154 Å². The van der Waals surface area contributed by atoms with Crippen molar-refractivity contribution in [2.45, 2.75) is 174 Å². The van der Waals surface area contributed by atoms with Gasteiger partial charge in [0.2, 0.25) is 0 Å². The van der Waals surface area contributed by atoms with Gasteiger partial charge in [0.1, 0.15) is 0 Å². The van der Waals surface area contributed by atoms with Crippen LogP contribution in [0.15, 0.2) is 0 Å². The second kappa shape index (κ2) is 32.3. The van der Waals surface area contributed by atoms with Crippen molar-refractivity contribution in [1.82, 2.24) is 0 Å². The molecule has 0 N–H and O–H groups in total. The highest BCUT2D eigenvalue weighted by Gasteiger charge is 2.07. The summed E-state index contributed by atoms with van der Waals surface area (Å²) >= 11 is 0. The second-order valence-electron chi connectivity index (χ2n) is 10.7. The van der Waals surface area contributed by atoms with Crippen LogP contribution in [-0.4, -0.2) is 32.6 Å². The van der Waals surface area contributed by atoms with Gasteiger partial charge in [-0.25, -0.2) is 4.79 Å². The first-order valence-electron chi connectivity index (χ1n) is 16.2. The molecule has 0 bridgehead atoms. The third-order valence-corrected chi connectivity index (χ3v) is 7.01. The molecule has 36 heavy (non-hydrogen) atoms. The van der Waals surface area contributed by atoms with Crippen molar-refractivity contribution in [3.05, 3.63) is 0 Å². The van der Waals surface area contributed by atoms with Crippen molar-refractivity contribution in [2.75, 3.05) is 26.4 Å². The predicted octanol–water partition coefficient (Wildman–Crippen LogP) is 10.9. The summed E-state index contributed by atoms with van der Waals surface area (Å²) in [5.41, 5.74) is 0. The molecule has 4 nitrogen and oxygen atoms in total. The summed E-state index contributed by atoms with van der Waals surface area (Å²) in [5, 5.41) is 0. The zero-order valence-corrected chi connectivity index (χ0v) is 24.6. The van der Waals surface area contributed by atoms with Gasteiger partial charge in [0.25, 0.3) is 0 Å². The molecule has 1 rings (SSSR count). The van der Waals surface area contributed by atoms with Gasteiger partial charge in [0, 0.05) is 19.6 Å². The molecule has 0 atom stereocenters. The zero-order valence-electron chi connectivity index (χ0n) is 24.6. The maximum absolute atomic E-state index is 10.0. The van der Waals surface area contributed by atoms with Crippen LogP contribution in [0.25, 0.3) is 0 Å². The Balaban J connectivity index is 0.00000148. The Hall–Kier alpha value is -0.770. The summed E-state index contributed by atoms with van der Waals surface area (Å²) in [5.74, 6) is 0. The summed E-state index contributed by atoms with van der Waals surface area (Å²) in [4.78, 5) is 10.0. The highest BCUT2D eigenvalue weighted by molar-refractivity contribution is 5.60. The number of ether oxygens (including phenoxy) is 3. The van der Waals surface area contributed by atoms with E-state index in [2.05, 4.69) is 23.3 Å². The molecular weight excluding hydrogens is 448 g/mol. The number of rotatable bonds is 26. The summed E-state index contributed by atoms with van der Waals surface area (Å²) in [6, 6.07) is 0. The van der Waals surface area contributed by atoms with Crippen LogP contribution >= 0.6 is 0 Å². The lowest BCUT2D eigenvalue weighted by atomic mass is 10.1. The largest absolute Gasteiger partial charge is 0.508 e. The molecule has 0 saturated carbocycles. The van der Waals surface area contributed by atoms with Crippen LogP contribution in [0.3, 0.4) is 0 Å². The van der Waals surface area contributed by atoms with Gasteiger partial charge in [0.05, 0.1) is 13.2 Å². The lowest BCUT2D eigenvalue weighted by molar-refractivity contribution is 0.0192. The quantitative estimate of drug-likeness (QED) is 0.0853. The third-order valence-electron chi connectivity index (χ3n) is 7.01. The minimum absolute atomic E-state index is 0.513. The molecule has 0 aromatic carbocycles. The van der Waals surface area contributed by atoms with Crippen LogP contribution in [-0.2, 0) is 14.2 Å². The average Bonchev–Trinajstić information content (AvgIpc) is 2.89. The number of carbonyl (C=O) groups is 1. The molecule has 0 spiro atoms. The van der Waals surface area contributed by atoms with E-state index in [1.54, 1.807) is 0 Å². The minimum Gasteiger partial charge on any atom is -0.434 e. The molecule has 0 aromatic heterocycles. The fourth-order valence-electron chi connectivity index (χ4n) is 4.60. The molecule has 1 saturated heterocycles. The highest BCUT2D eigenvalue weighted by Crippen LogP contribution is 2.13. The Morgan fingerprint density at radius 1 is 0.472 bits per heavy atom. The second-order valence-corrected chi connectivity index (χ2v) is 10.7. The Labute approximate surface area is 226 Å². The fourth-order valence-corrected chi connectivity index (χ4v) is 4.60. The predicted molar refractivity (Wildman–Crippen MR) is 155 cm³/mol. The van der Waals surface area contributed by atoms with E-state index in [1.807, 2.05) is 0 Å². The molecule has 1 heterocycles. The van der Waals surface area contributed by atoms with Gasteiger partial charge in [-0.05, 0) is 12.8 Å². The average molecular weight is 513 g/mol. The molecule has 1 aliphatic heterocycles. The van der Waals surface area contributed by atoms with E-state index >= 15 is 0 Å². The Kier molecular flexibility index (Phi) is 31.6. The lowest BCUT2D eigenvalue weighted by Crippen LogP contribution is -2.16. The van der Waals surface area contributed by atoms with E-state index in [-0.39, 0.29) is 0 Å². The third kappa shape index (κ3) is 31.3. The zero-order chi connectivity index (χ0) is 26.2. The summed E-state index contributed by atoms with van der Waals surface area (Å²) < 4.78 is 14.7. The monoisotopic (exact) mass is 512 g/mol. The number of hydrogen-bond acceptors (Lipinski definition) is 4. The SMILES string of the molecule is CCCCCCCCCCCCCCOCCCCCCCCCCCCCC.O=C1OCCCO1. The highest BCUT2D eigenvalue weighted by atomic mass is 16.7. The van der Waals surface area contributed by atoms with Gasteiger partial charge in [-0.1, -0.05) is 155 Å². The van der Waals surface area contributed by atoms with E-state index in [0.717, 1.165) is 19.6 Å². The lowest BCUT2D eigenvalue weighted by Gasteiger charge is -2.09. The number of hydrogen-bond donors (Lipinski definition) is 0. The normalized spacial score (nSPS) is 13.1. The molecule has 1 aliphatic rings. The fraction of sp³-hybridized carbons (Fsp3) is 0.969. The van der Waals surface area contributed by atoms with Gasteiger partial charge in [0.15, 0.2) is 0 Å². The van der Waals surface area contributed by atoms with Crippen molar-refractivity contribution in [3.8, 4) is 0 Å². The topological polar surface area (TPSA) is 44.8 Å². The van der Waals surface area contributed by atoms with Crippen LogP contribution in [0.4, 0.5) is 4.79 Å². The van der Waals surface area contributed by atoms with Crippen molar-refractivity contribution in [3.63, 3.8) is 0 Å². The minimum atomic E-state index is -0.536. The molecule has 0 aromatic rings. The number of carbonyl (C=O) groups excluding carboxylic acids is 1. The van der Waals surface area contributed by atoms with Crippen molar-refractivity contribution >= 4 is 6.16 Å². The molecule has 0 amide bonds. The number of unbranched alkanes of at least 4 members (excludes halogenated alkanes) is 22. The van der Waals surface area contributed by atoms with Crippen LogP contribution < -0.4 is 0 Å². The molecule has 1 fully saturated rings. The summed E-state index contributed by atoms with van der Waals surface area (Å²) in [7, 11) is 0. The number of cyclic esters (lactones) is 2. The molecular formula is C32H64O4. The molecule has 4 heteroatoms. The van der Waals surface area contributed by atoms with Gasteiger partial charge < -0.3 is 14.2 Å². The van der Waals surface area contributed by atoms with Crippen LogP contribution in [0.1, 0.15) is 174 Å². The van der Waals surface area contributed by atoms with Crippen molar-refractivity contribution in [1.29, 1.82) is 0 Å². The summed E-state index contributed by atoms with van der Waals surface area (Å²) in [6.45, 7) is 7.61. The van der Waals surface area contributed by atoms with E-state index < -0.39 is 6.16 Å². The van der Waals surface area contributed by atoms with E-state index in [9.17, 15) is 4.79 Å². The van der Waals surface area contributed by atoms with Gasteiger partial charge in [-0.15, -0.1) is 0 Å². The van der Waals surface area contributed by atoms with Crippen LogP contribution in [0, 0.1) is 0 Å². The van der Waals surface area contributed by atoms with Gasteiger partial charge in [-0.2, -0.15) is 0 Å². The van der Waals surface area contributed by atoms with Gasteiger partial charge >= 0.3 is 6.16 Å². The first-order chi connectivity index (χ1) is 17.8. The van der Waals surface area contributed by atoms with Crippen LogP contribution in [0.2, 0.25) is 0 Å². The maximum Gasteiger partial charge on any atom is 0.508 e. The van der Waals surface area contributed by atoms with Crippen molar-refractivity contribution < 1.29 is 19.0 Å². The van der Waals surface area contributed by atoms with Crippen LogP contribution in [0.5, 0.6) is 0 Å². The first kappa shape index (κ1) is 35.2. The Morgan fingerprint density at radius 2 is 0.750 bits per heavy atom. The standard InChI is InChI=1S/C28H58O.C4H6O3/c1-3-5-7-9-11-13-15-17-19-21-23-25-27-29-28-26-24-22-20-18-16-14-12-10-8-6-4-2;5-4-6-2-1-3-7-4/h3-28H2,1-2H3;1-3H2. The molecule has 216 valence electrons. The first-order valence-corrected chi connectivity index (χ1v) is 16.2.